The smallest absolute Gasteiger partial charge is 0.0655 e. The Kier molecular flexibility index (Phi) is 2.85. The summed E-state index contributed by atoms with van der Waals surface area (Å²) in [6.45, 7) is 4.03. The summed E-state index contributed by atoms with van der Waals surface area (Å²) in [5.41, 5.74) is 3.53. The molecule has 0 fully saturated rings. The summed E-state index contributed by atoms with van der Waals surface area (Å²) in [5.74, 6) is -0.0210. The molecule has 2 heteroatoms. The Balaban J connectivity index is 2.44. The minimum absolute atomic E-state index is 0.0210. The molecule has 0 saturated carbocycles. The second-order valence-corrected chi connectivity index (χ2v) is 4.55. The molecule has 15 heavy (non-hydrogen) atoms. The van der Waals surface area contributed by atoms with Crippen molar-refractivity contribution in [1.29, 1.82) is 0 Å². The summed E-state index contributed by atoms with van der Waals surface area (Å²) < 4.78 is 0. The third-order valence-electron chi connectivity index (χ3n) is 2.97. The zero-order chi connectivity index (χ0) is 11.0. The molecule has 0 aromatic heterocycles. The Bertz CT molecular complexity index is 409. The van der Waals surface area contributed by atoms with Gasteiger partial charge in [-0.05, 0) is 30.5 Å². The molecule has 80 valence electrons. The van der Waals surface area contributed by atoms with E-state index in [2.05, 4.69) is 25.1 Å². The summed E-state index contributed by atoms with van der Waals surface area (Å²) in [4.78, 5) is 0. The van der Waals surface area contributed by atoms with Crippen LogP contribution < -0.4 is 0 Å². The van der Waals surface area contributed by atoms with E-state index in [9.17, 15) is 5.11 Å². The number of halogens is 1. The van der Waals surface area contributed by atoms with Crippen LogP contribution in [-0.4, -0.2) is 11.2 Å². The quantitative estimate of drug-likeness (QED) is 0.813. The number of hydrogen-bond acceptors (Lipinski definition) is 1. The molecule has 0 aliphatic heterocycles. The number of aryl methyl sites for hydroxylation is 1. The van der Waals surface area contributed by atoms with E-state index in [1.807, 2.05) is 13.0 Å². The summed E-state index contributed by atoms with van der Waals surface area (Å²) in [5, 5.41) is 10.7. The van der Waals surface area contributed by atoms with Crippen molar-refractivity contribution in [2.75, 3.05) is 0 Å². The first-order chi connectivity index (χ1) is 7.13. The van der Waals surface area contributed by atoms with Crippen LogP contribution in [0, 0.1) is 6.92 Å². The Labute approximate surface area is 95.4 Å². The lowest BCUT2D eigenvalue weighted by Crippen LogP contribution is -2.16. The lowest BCUT2D eigenvalue weighted by atomic mass is 9.93. The minimum Gasteiger partial charge on any atom is -0.392 e. The van der Waals surface area contributed by atoms with Gasteiger partial charge in [0.15, 0.2) is 0 Å². The van der Waals surface area contributed by atoms with E-state index < -0.39 is 0 Å². The standard InChI is InChI=1S/C13H15ClO/c1-3-12(15)13-10-5-4-8(2)6-9(10)7-11(13)14/h4-7,12-13,15H,3H2,1-2H3. The van der Waals surface area contributed by atoms with Crippen molar-refractivity contribution in [1.82, 2.24) is 0 Å². The van der Waals surface area contributed by atoms with E-state index in [1.54, 1.807) is 0 Å². The van der Waals surface area contributed by atoms with Crippen LogP contribution in [0.1, 0.15) is 36.0 Å². The molecule has 0 saturated heterocycles. The average Bonchev–Trinajstić information content (AvgIpc) is 2.52. The van der Waals surface area contributed by atoms with Crippen LogP contribution in [0.2, 0.25) is 0 Å². The van der Waals surface area contributed by atoms with Crippen LogP contribution in [0.3, 0.4) is 0 Å². The van der Waals surface area contributed by atoms with Crippen LogP contribution in [0.4, 0.5) is 0 Å². The van der Waals surface area contributed by atoms with Gasteiger partial charge in [-0.15, -0.1) is 0 Å². The van der Waals surface area contributed by atoms with Crippen molar-refractivity contribution in [3.8, 4) is 0 Å². The summed E-state index contributed by atoms with van der Waals surface area (Å²) in [7, 11) is 0. The molecule has 1 N–H and O–H groups in total. The van der Waals surface area contributed by atoms with E-state index in [0.717, 1.165) is 22.6 Å². The number of aliphatic hydroxyl groups excluding tert-OH is 1. The van der Waals surface area contributed by atoms with Crippen LogP contribution in [0.15, 0.2) is 23.2 Å². The van der Waals surface area contributed by atoms with Crippen molar-refractivity contribution < 1.29 is 5.11 Å². The number of fused-ring (bicyclic) bond motifs is 1. The van der Waals surface area contributed by atoms with Gasteiger partial charge in [0, 0.05) is 11.0 Å². The molecule has 2 unspecified atom stereocenters. The van der Waals surface area contributed by atoms with E-state index in [1.165, 1.54) is 5.56 Å². The van der Waals surface area contributed by atoms with Gasteiger partial charge >= 0.3 is 0 Å². The van der Waals surface area contributed by atoms with Crippen LogP contribution in [0.25, 0.3) is 6.08 Å². The molecule has 1 aliphatic carbocycles. The number of hydrogen-bond donors (Lipinski definition) is 1. The largest absolute Gasteiger partial charge is 0.392 e. The van der Waals surface area contributed by atoms with Crippen molar-refractivity contribution in [2.24, 2.45) is 0 Å². The van der Waals surface area contributed by atoms with E-state index in [4.69, 9.17) is 11.6 Å². The predicted molar refractivity (Wildman–Crippen MR) is 64.0 cm³/mol. The fourth-order valence-corrected chi connectivity index (χ4v) is 2.50. The first-order valence-corrected chi connectivity index (χ1v) is 5.67. The molecule has 2 rings (SSSR count). The monoisotopic (exact) mass is 222 g/mol. The Morgan fingerprint density at radius 3 is 2.87 bits per heavy atom. The molecule has 0 heterocycles. The molecular formula is C13H15ClO. The van der Waals surface area contributed by atoms with Gasteiger partial charge in [-0.2, -0.15) is 0 Å². The molecule has 0 radical (unpaired) electrons. The SMILES string of the molecule is CCC(O)C1C(Cl)=Cc2cc(C)ccc21. The van der Waals surface area contributed by atoms with Gasteiger partial charge in [0.05, 0.1) is 6.10 Å². The van der Waals surface area contributed by atoms with Gasteiger partial charge < -0.3 is 5.11 Å². The topological polar surface area (TPSA) is 20.2 Å². The second-order valence-electron chi connectivity index (χ2n) is 4.11. The molecule has 0 amide bonds. The third kappa shape index (κ3) is 1.82. The Morgan fingerprint density at radius 2 is 2.20 bits per heavy atom. The molecule has 2 atom stereocenters. The van der Waals surface area contributed by atoms with Crippen LogP contribution >= 0.6 is 11.6 Å². The Morgan fingerprint density at radius 1 is 1.47 bits per heavy atom. The summed E-state index contributed by atoms with van der Waals surface area (Å²) >= 11 is 6.17. The van der Waals surface area contributed by atoms with Gasteiger partial charge in [-0.1, -0.05) is 42.3 Å². The van der Waals surface area contributed by atoms with E-state index >= 15 is 0 Å². The van der Waals surface area contributed by atoms with Crippen molar-refractivity contribution in [3.05, 3.63) is 39.9 Å². The van der Waals surface area contributed by atoms with Crippen LogP contribution in [-0.2, 0) is 0 Å². The zero-order valence-electron chi connectivity index (χ0n) is 9.00. The first-order valence-electron chi connectivity index (χ1n) is 5.29. The fourth-order valence-electron chi connectivity index (χ4n) is 2.12. The fraction of sp³-hybridized carbons (Fsp3) is 0.385. The van der Waals surface area contributed by atoms with Crippen molar-refractivity contribution in [2.45, 2.75) is 32.3 Å². The lowest BCUT2D eigenvalue weighted by Gasteiger charge is -2.18. The maximum Gasteiger partial charge on any atom is 0.0655 e. The maximum absolute atomic E-state index is 9.92. The van der Waals surface area contributed by atoms with Gasteiger partial charge in [0.1, 0.15) is 0 Å². The van der Waals surface area contributed by atoms with Gasteiger partial charge in [-0.3, -0.25) is 0 Å². The molecule has 1 aromatic rings. The van der Waals surface area contributed by atoms with Crippen molar-refractivity contribution in [3.63, 3.8) is 0 Å². The predicted octanol–water partition coefficient (Wildman–Crippen LogP) is 3.44. The zero-order valence-corrected chi connectivity index (χ0v) is 9.75. The highest BCUT2D eigenvalue weighted by molar-refractivity contribution is 6.33. The Hall–Kier alpha value is -0.790. The molecule has 1 nitrogen and oxygen atoms in total. The number of benzene rings is 1. The number of rotatable bonds is 2. The molecule has 1 aromatic carbocycles. The molecular weight excluding hydrogens is 208 g/mol. The van der Waals surface area contributed by atoms with Gasteiger partial charge in [0.25, 0.3) is 0 Å². The van der Waals surface area contributed by atoms with Crippen molar-refractivity contribution >= 4 is 17.7 Å². The first kappa shape index (κ1) is 10.7. The molecule has 1 aliphatic rings. The molecule has 0 bridgehead atoms. The lowest BCUT2D eigenvalue weighted by molar-refractivity contribution is 0.154. The third-order valence-corrected chi connectivity index (χ3v) is 3.32. The summed E-state index contributed by atoms with van der Waals surface area (Å²) in [6, 6.07) is 6.25. The van der Waals surface area contributed by atoms with E-state index in [0.29, 0.717) is 0 Å². The highest BCUT2D eigenvalue weighted by Crippen LogP contribution is 2.41. The van der Waals surface area contributed by atoms with E-state index in [-0.39, 0.29) is 12.0 Å². The second kappa shape index (κ2) is 3.99. The number of aliphatic hydroxyl groups is 1. The van der Waals surface area contributed by atoms with Crippen LogP contribution in [0.5, 0.6) is 0 Å². The molecule has 0 spiro atoms. The highest BCUT2D eigenvalue weighted by Gasteiger charge is 2.29. The minimum atomic E-state index is -0.377. The van der Waals surface area contributed by atoms with Gasteiger partial charge in [0.2, 0.25) is 0 Å². The average molecular weight is 223 g/mol. The summed E-state index contributed by atoms with van der Waals surface area (Å²) in [6.07, 6.45) is 2.31. The maximum atomic E-state index is 9.92. The van der Waals surface area contributed by atoms with Gasteiger partial charge in [-0.25, -0.2) is 0 Å². The normalized spacial score (nSPS) is 21.1. The highest BCUT2D eigenvalue weighted by atomic mass is 35.5.